The fourth-order valence-corrected chi connectivity index (χ4v) is 2.92. The van der Waals surface area contributed by atoms with E-state index in [9.17, 15) is 9.59 Å². The highest BCUT2D eigenvalue weighted by Gasteiger charge is 2.24. The summed E-state index contributed by atoms with van der Waals surface area (Å²) >= 11 is 0. The van der Waals surface area contributed by atoms with Crippen molar-refractivity contribution in [3.63, 3.8) is 0 Å². The SMILES string of the molecule is COc1ccccc1OCCC(=O)Nc1ccccc1N1CCCC1=O. The maximum Gasteiger partial charge on any atom is 0.227 e. The molecule has 0 bridgehead atoms. The van der Waals surface area contributed by atoms with Crippen LogP contribution in [0.1, 0.15) is 19.3 Å². The summed E-state index contributed by atoms with van der Waals surface area (Å²) in [6, 6.07) is 14.7. The van der Waals surface area contributed by atoms with Gasteiger partial charge < -0.3 is 19.7 Å². The summed E-state index contributed by atoms with van der Waals surface area (Å²) in [7, 11) is 1.57. The van der Waals surface area contributed by atoms with E-state index in [1.54, 1.807) is 30.2 Å². The summed E-state index contributed by atoms with van der Waals surface area (Å²) in [5, 5.41) is 2.88. The average molecular weight is 354 g/mol. The first-order valence-corrected chi connectivity index (χ1v) is 8.64. The van der Waals surface area contributed by atoms with Crippen molar-refractivity contribution in [2.24, 2.45) is 0 Å². The number of methoxy groups -OCH3 is 1. The average Bonchev–Trinajstić information content (AvgIpc) is 3.08. The van der Waals surface area contributed by atoms with Crippen LogP contribution in [0.4, 0.5) is 11.4 Å². The van der Waals surface area contributed by atoms with Crippen molar-refractivity contribution in [1.82, 2.24) is 0 Å². The topological polar surface area (TPSA) is 67.9 Å². The minimum atomic E-state index is -0.168. The lowest BCUT2D eigenvalue weighted by atomic mass is 10.2. The third-order valence-electron chi connectivity index (χ3n) is 4.20. The van der Waals surface area contributed by atoms with E-state index >= 15 is 0 Å². The second-order valence-corrected chi connectivity index (χ2v) is 5.96. The van der Waals surface area contributed by atoms with Crippen LogP contribution in [0.25, 0.3) is 0 Å². The molecule has 3 rings (SSSR count). The highest BCUT2D eigenvalue weighted by Crippen LogP contribution is 2.29. The molecule has 0 saturated carbocycles. The Morgan fingerprint density at radius 1 is 1.12 bits per heavy atom. The molecule has 2 aromatic rings. The molecule has 0 aromatic heterocycles. The predicted octanol–water partition coefficient (Wildman–Crippen LogP) is 3.23. The van der Waals surface area contributed by atoms with E-state index < -0.39 is 0 Å². The van der Waals surface area contributed by atoms with Gasteiger partial charge in [0.05, 0.1) is 31.5 Å². The van der Waals surface area contributed by atoms with E-state index in [1.165, 1.54) is 0 Å². The van der Waals surface area contributed by atoms with Gasteiger partial charge in [-0.05, 0) is 30.7 Å². The Morgan fingerprint density at radius 3 is 2.58 bits per heavy atom. The molecule has 1 aliphatic heterocycles. The van der Waals surface area contributed by atoms with Crippen LogP contribution >= 0.6 is 0 Å². The van der Waals surface area contributed by atoms with Crippen LogP contribution in [0.2, 0.25) is 0 Å². The van der Waals surface area contributed by atoms with Gasteiger partial charge in [0.1, 0.15) is 0 Å². The van der Waals surface area contributed by atoms with Crippen LogP contribution in [0.5, 0.6) is 11.5 Å². The summed E-state index contributed by atoms with van der Waals surface area (Å²) in [6.45, 7) is 0.916. The largest absolute Gasteiger partial charge is 0.493 e. The fourth-order valence-electron chi connectivity index (χ4n) is 2.92. The quantitative estimate of drug-likeness (QED) is 0.829. The summed E-state index contributed by atoms with van der Waals surface area (Å²) in [4.78, 5) is 26.0. The molecule has 1 heterocycles. The van der Waals surface area contributed by atoms with E-state index in [2.05, 4.69) is 5.32 Å². The van der Waals surface area contributed by atoms with Gasteiger partial charge in [-0.25, -0.2) is 0 Å². The number of nitrogens with one attached hydrogen (secondary N) is 1. The Balaban J connectivity index is 1.58. The molecule has 0 atom stereocenters. The van der Waals surface area contributed by atoms with Gasteiger partial charge >= 0.3 is 0 Å². The van der Waals surface area contributed by atoms with Gasteiger partial charge in [0.25, 0.3) is 0 Å². The molecular formula is C20H22N2O4. The molecule has 1 saturated heterocycles. The molecule has 2 amide bonds. The molecule has 136 valence electrons. The Bertz CT molecular complexity index is 791. The number of rotatable bonds is 7. The second-order valence-electron chi connectivity index (χ2n) is 5.96. The van der Waals surface area contributed by atoms with Gasteiger partial charge in [-0.15, -0.1) is 0 Å². The summed E-state index contributed by atoms with van der Waals surface area (Å²) < 4.78 is 10.9. The Hall–Kier alpha value is -3.02. The van der Waals surface area contributed by atoms with E-state index in [1.807, 2.05) is 30.3 Å². The smallest absolute Gasteiger partial charge is 0.227 e. The van der Waals surface area contributed by atoms with Crippen molar-refractivity contribution < 1.29 is 19.1 Å². The molecule has 1 fully saturated rings. The minimum Gasteiger partial charge on any atom is -0.493 e. The minimum absolute atomic E-state index is 0.0891. The zero-order valence-electron chi connectivity index (χ0n) is 14.7. The molecule has 2 aromatic carbocycles. The first-order valence-electron chi connectivity index (χ1n) is 8.64. The van der Waals surface area contributed by atoms with Crippen molar-refractivity contribution in [2.75, 3.05) is 30.5 Å². The number of anilines is 2. The van der Waals surface area contributed by atoms with Crippen molar-refractivity contribution >= 4 is 23.2 Å². The molecule has 6 heteroatoms. The highest BCUT2D eigenvalue weighted by atomic mass is 16.5. The van der Waals surface area contributed by atoms with Gasteiger partial charge in [0.15, 0.2) is 11.5 Å². The molecule has 0 spiro atoms. The van der Waals surface area contributed by atoms with Gasteiger partial charge in [0, 0.05) is 13.0 Å². The first kappa shape index (κ1) is 17.8. The number of nitrogens with zero attached hydrogens (tertiary/aromatic N) is 1. The second kappa shape index (κ2) is 8.38. The van der Waals surface area contributed by atoms with Gasteiger partial charge in [0.2, 0.25) is 11.8 Å². The van der Waals surface area contributed by atoms with Crippen molar-refractivity contribution in [3.8, 4) is 11.5 Å². The molecule has 0 unspecified atom stereocenters. The Labute approximate surface area is 152 Å². The van der Waals surface area contributed by atoms with Gasteiger partial charge in [-0.3, -0.25) is 9.59 Å². The first-order chi connectivity index (χ1) is 12.7. The van der Waals surface area contributed by atoms with Crippen LogP contribution in [0.3, 0.4) is 0 Å². The lowest BCUT2D eigenvalue weighted by molar-refractivity contribution is -0.117. The number of amides is 2. The Morgan fingerprint density at radius 2 is 1.85 bits per heavy atom. The maximum absolute atomic E-state index is 12.3. The number of para-hydroxylation sites is 4. The zero-order chi connectivity index (χ0) is 18.4. The number of hydrogen-bond acceptors (Lipinski definition) is 4. The van der Waals surface area contributed by atoms with E-state index in [0.717, 1.165) is 12.1 Å². The van der Waals surface area contributed by atoms with E-state index in [4.69, 9.17) is 9.47 Å². The third kappa shape index (κ3) is 4.14. The number of carbonyl (C=O) groups is 2. The molecule has 1 N–H and O–H groups in total. The van der Waals surface area contributed by atoms with Crippen LogP contribution < -0.4 is 19.7 Å². The zero-order valence-corrected chi connectivity index (χ0v) is 14.7. The highest BCUT2D eigenvalue weighted by molar-refractivity contribution is 6.02. The lowest BCUT2D eigenvalue weighted by Crippen LogP contribution is -2.25. The maximum atomic E-state index is 12.3. The predicted molar refractivity (Wildman–Crippen MR) is 99.8 cm³/mol. The lowest BCUT2D eigenvalue weighted by Gasteiger charge is -2.20. The van der Waals surface area contributed by atoms with E-state index in [-0.39, 0.29) is 24.8 Å². The normalized spacial score (nSPS) is 13.6. The molecular weight excluding hydrogens is 332 g/mol. The summed E-state index contributed by atoms with van der Waals surface area (Å²) in [5.41, 5.74) is 1.39. The van der Waals surface area contributed by atoms with Gasteiger partial charge in [-0.1, -0.05) is 24.3 Å². The van der Waals surface area contributed by atoms with Crippen molar-refractivity contribution in [2.45, 2.75) is 19.3 Å². The van der Waals surface area contributed by atoms with Gasteiger partial charge in [-0.2, -0.15) is 0 Å². The fraction of sp³-hybridized carbons (Fsp3) is 0.300. The molecule has 0 aliphatic carbocycles. The number of hydrogen-bond donors (Lipinski definition) is 1. The molecule has 1 aliphatic rings. The van der Waals surface area contributed by atoms with Crippen molar-refractivity contribution in [1.29, 1.82) is 0 Å². The number of benzene rings is 2. The van der Waals surface area contributed by atoms with Crippen LogP contribution in [0, 0.1) is 0 Å². The number of carbonyl (C=O) groups excluding carboxylic acids is 2. The molecule has 26 heavy (non-hydrogen) atoms. The van der Waals surface area contributed by atoms with Crippen LogP contribution in [-0.4, -0.2) is 32.1 Å². The number of ether oxygens (including phenoxy) is 2. The third-order valence-corrected chi connectivity index (χ3v) is 4.20. The summed E-state index contributed by atoms with van der Waals surface area (Å²) in [5.74, 6) is 1.15. The monoisotopic (exact) mass is 354 g/mol. The van der Waals surface area contributed by atoms with Crippen molar-refractivity contribution in [3.05, 3.63) is 48.5 Å². The van der Waals surface area contributed by atoms with Crippen LogP contribution in [-0.2, 0) is 9.59 Å². The van der Waals surface area contributed by atoms with E-state index in [0.29, 0.717) is 30.2 Å². The summed E-state index contributed by atoms with van der Waals surface area (Å²) in [6.07, 6.45) is 1.59. The molecule has 0 radical (unpaired) electrons. The molecule has 6 nitrogen and oxygen atoms in total. The Kier molecular flexibility index (Phi) is 5.73. The van der Waals surface area contributed by atoms with Crippen LogP contribution in [0.15, 0.2) is 48.5 Å². The standard InChI is InChI=1S/C20H22N2O4/c1-25-17-9-4-5-10-18(17)26-14-12-19(23)21-15-7-2-3-8-16(15)22-13-6-11-20(22)24/h2-5,7-10H,6,11-14H2,1H3,(H,21,23).